The lowest BCUT2D eigenvalue weighted by atomic mass is 10.7. The highest BCUT2D eigenvalue weighted by Gasteiger charge is 2.11. The third kappa shape index (κ3) is 14.2. The fourth-order valence-electron chi connectivity index (χ4n) is 1.07. The van der Waals surface area contributed by atoms with Crippen molar-refractivity contribution in [2.24, 2.45) is 0 Å². The van der Waals surface area contributed by atoms with Gasteiger partial charge in [0.25, 0.3) is 0 Å². The average Bonchev–Trinajstić information content (AvgIpc) is 2.38. The SMILES string of the molecule is COCCOCCOP(C)(=N)OCCOCCOC. The number of rotatable bonds is 14. The van der Waals surface area contributed by atoms with E-state index in [9.17, 15) is 0 Å². The Kier molecular flexibility index (Phi) is 13.0. The van der Waals surface area contributed by atoms with Crippen LogP contribution in [0.1, 0.15) is 0 Å². The van der Waals surface area contributed by atoms with E-state index in [1.807, 2.05) is 0 Å². The molecule has 0 heterocycles. The monoisotopic (exact) mass is 299 g/mol. The normalized spacial score (nSPS) is 11.9. The first-order chi connectivity index (χ1) is 9.12. The van der Waals surface area contributed by atoms with Gasteiger partial charge in [-0.15, -0.1) is 0 Å². The summed E-state index contributed by atoms with van der Waals surface area (Å²) in [4.78, 5) is 0. The van der Waals surface area contributed by atoms with E-state index in [0.717, 1.165) is 0 Å². The zero-order chi connectivity index (χ0) is 14.4. The molecule has 0 aromatic carbocycles. The molecule has 0 bridgehead atoms. The molecule has 8 heteroatoms. The molecule has 0 radical (unpaired) electrons. The molecule has 0 saturated carbocycles. The summed E-state index contributed by atoms with van der Waals surface area (Å²) in [6, 6.07) is 0. The Morgan fingerprint density at radius 2 is 1.05 bits per heavy atom. The van der Waals surface area contributed by atoms with Crippen molar-refractivity contribution in [2.75, 3.05) is 73.7 Å². The van der Waals surface area contributed by atoms with Crippen molar-refractivity contribution < 1.29 is 28.0 Å². The van der Waals surface area contributed by atoms with Crippen LogP contribution in [0.4, 0.5) is 0 Å². The Morgan fingerprint density at radius 1 is 0.684 bits per heavy atom. The van der Waals surface area contributed by atoms with Crippen molar-refractivity contribution >= 4 is 7.51 Å². The molecule has 0 fully saturated rings. The maximum atomic E-state index is 7.87. The van der Waals surface area contributed by atoms with Crippen LogP contribution in [0.25, 0.3) is 0 Å². The van der Waals surface area contributed by atoms with Gasteiger partial charge in [0, 0.05) is 20.9 Å². The number of hydrogen-bond acceptors (Lipinski definition) is 7. The second-order valence-corrected chi connectivity index (χ2v) is 5.93. The van der Waals surface area contributed by atoms with Gasteiger partial charge in [0.15, 0.2) is 0 Å². The molecule has 7 nitrogen and oxygen atoms in total. The average molecular weight is 299 g/mol. The zero-order valence-corrected chi connectivity index (χ0v) is 12.9. The Labute approximate surface area is 115 Å². The van der Waals surface area contributed by atoms with Crippen LogP contribution in [0.15, 0.2) is 0 Å². The predicted molar refractivity (Wildman–Crippen MR) is 72.9 cm³/mol. The van der Waals surface area contributed by atoms with Gasteiger partial charge in [-0.2, -0.15) is 0 Å². The Morgan fingerprint density at radius 3 is 1.42 bits per heavy atom. The third-order valence-electron chi connectivity index (χ3n) is 1.99. The van der Waals surface area contributed by atoms with E-state index < -0.39 is 7.51 Å². The van der Waals surface area contributed by atoms with Gasteiger partial charge in [0.05, 0.1) is 52.9 Å². The van der Waals surface area contributed by atoms with Crippen molar-refractivity contribution in [3.8, 4) is 0 Å². The van der Waals surface area contributed by atoms with Gasteiger partial charge < -0.3 is 28.0 Å². The van der Waals surface area contributed by atoms with Gasteiger partial charge in [0.1, 0.15) is 0 Å². The molecule has 1 N–H and O–H groups in total. The van der Waals surface area contributed by atoms with Crippen LogP contribution in [-0.2, 0) is 28.0 Å². The van der Waals surface area contributed by atoms with Crippen LogP contribution in [0.5, 0.6) is 0 Å². The quantitative estimate of drug-likeness (QED) is 0.387. The summed E-state index contributed by atoms with van der Waals surface area (Å²) in [7, 11) is 0.714. The molecule has 0 saturated heterocycles. The number of nitrogens with one attached hydrogen (secondary N) is 1. The lowest BCUT2D eigenvalue weighted by Crippen LogP contribution is -2.10. The van der Waals surface area contributed by atoms with E-state index in [1.54, 1.807) is 20.9 Å². The molecule has 116 valence electrons. The minimum atomic E-state index is -2.53. The molecule has 0 unspecified atom stereocenters. The highest BCUT2D eigenvalue weighted by Crippen LogP contribution is 2.44. The van der Waals surface area contributed by atoms with E-state index in [0.29, 0.717) is 52.9 Å². The topological polar surface area (TPSA) is 79.2 Å². The van der Waals surface area contributed by atoms with Gasteiger partial charge in [-0.3, -0.25) is 5.16 Å². The molecular weight excluding hydrogens is 273 g/mol. The standard InChI is InChI=1S/C11H26NO6P/c1-13-4-6-15-8-10-17-19(3,12)18-11-9-16-7-5-14-2/h12H,4-11H2,1-3H3. The Hall–Kier alpha value is -0.0100. The minimum Gasteiger partial charge on any atom is -0.382 e. The molecule has 0 aromatic rings. The van der Waals surface area contributed by atoms with Gasteiger partial charge in [-0.05, 0) is 0 Å². The molecular formula is C11H26NO6P. The van der Waals surface area contributed by atoms with Crippen LogP contribution in [0.3, 0.4) is 0 Å². The minimum absolute atomic E-state index is 0.349. The van der Waals surface area contributed by atoms with Crippen molar-refractivity contribution in [1.82, 2.24) is 0 Å². The van der Waals surface area contributed by atoms with E-state index in [-0.39, 0.29) is 0 Å². The lowest BCUT2D eigenvalue weighted by molar-refractivity contribution is 0.0444. The molecule has 0 atom stereocenters. The molecule has 0 aliphatic carbocycles. The first-order valence-electron chi connectivity index (χ1n) is 6.16. The summed E-state index contributed by atoms with van der Waals surface area (Å²) in [5, 5.41) is 7.87. The Balaban J connectivity index is 3.39. The summed E-state index contributed by atoms with van der Waals surface area (Å²) in [6.45, 7) is 5.39. The summed E-state index contributed by atoms with van der Waals surface area (Å²) in [5.41, 5.74) is 0. The van der Waals surface area contributed by atoms with Gasteiger partial charge in [0.2, 0.25) is 7.51 Å². The largest absolute Gasteiger partial charge is 0.382 e. The zero-order valence-electron chi connectivity index (χ0n) is 12.1. The second kappa shape index (κ2) is 13.0. The number of hydrogen-bond donors (Lipinski definition) is 1. The van der Waals surface area contributed by atoms with Crippen molar-refractivity contribution in [2.45, 2.75) is 0 Å². The van der Waals surface area contributed by atoms with Crippen molar-refractivity contribution in [3.63, 3.8) is 0 Å². The van der Waals surface area contributed by atoms with E-state index in [4.69, 9.17) is 33.2 Å². The van der Waals surface area contributed by atoms with Crippen molar-refractivity contribution in [3.05, 3.63) is 0 Å². The highest BCUT2D eigenvalue weighted by molar-refractivity contribution is 7.54. The number of ether oxygens (including phenoxy) is 4. The van der Waals surface area contributed by atoms with Crippen LogP contribution in [0.2, 0.25) is 0 Å². The molecule has 0 amide bonds. The third-order valence-corrected chi connectivity index (χ3v) is 3.34. The molecule has 0 aliphatic rings. The molecule has 19 heavy (non-hydrogen) atoms. The van der Waals surface area contributed by atoms with Crippen LogP contribution in [0, 0.1) is 5.16 Å². The first kappa shape index (κ1) is 19.0. The maximum Gasteiger partial charge on any atom is 0.206 e. The summed E-state index contributed by atoms with van der Waals surface area (Å²) >= 11 is 0. The fourth-order valence-corrected chi connectivity index (χ4v) is 1.99. The summed E-state index contributed by atoms with van der Waals surface area (Å²) < 4.78 is 30.8. The van der Waals surface area contributed by atoms with Crippen LogP contribution >= 0.6 is 7.51 Å². The Bertz CT molecular complexity index is 221. The van der Waals surface area contributed by atoms with Crippen LogP contribution in [-0.4, -0.2) is 73.7 Å². The van der Waals surface area contributed by atoms with Gasteiger partial charge in [-0.25, -0.2) is 0 Å². The molecule has 0 aliphatic heterocycles. The molecule has 0 rings (SSSR count). The second-order valence-electron chi connectivity index (χ2n) is 3.72. The summed E-state index contributed by atoms with van der Waals surface area (Å²) in [5.74, 6) is 0. The van der Waals surface area contributed by atoms with Gasteiger partial charge in [-0.1, -0.05) is 0 Å². The molecule has 0 spiro atoms. The van der Waals surface area contributed by atoms with E-state index >= 15 is 0 Å². The van der Waals surface area contributed by atoms with Gasteiger partial charge >= 0.3 is 0 Å². The summed E-state index contributed by atoms with van der Waals surface area (Å²) in [6.07, 6.45) is 0. The fraction of sp³-hybridized carbons (Fsp3) is 1.00. The van der Waals surface area contributed by atoms with Crippen molar-refractivity contribution in [1.29, 1.82) is 5.16 Å². The lowest BCUT2D eigenvalue weighted by Gasteiger charge is -2.17. The first-order valence-corrected chi connectivity index (χ1v) is 8.23. The van der Waals surface area contributed by atoms with E-state index in [2.05, 4.69) is 0 Å². The molecule has 0 aromatic heterocycles. The van der Waals surface area contributed by atoms with Crippen LogP contribution < -0.4 is 0 Å². The maximum absolute atomic E-state index is 7.87. The highest BCUT2D eigenvalue weighted by atomic mass is 31.2. The number of methoxy groups -OCH3 is 2. The van der Waals surface area contributed by atoms with E-state index in [1.165, 1.54) is 0 Å². The predicted octanol–water partition coefficient (Wildman–Crippen LogP) is 1.59. The smallest absolute Gasteiger partial charge is 0.206 e.